The van der Waals surface area contributed by atoms with Crippen LogP contribution >= 0.6 is 0 Å². The summed E-state index contributed by atoms with van der Waals surface area (Å²) < 4.78 is 7.02. The molecule has 0 aliphatic heterocycles. The topological polar surface area (TPSA) is 84.8 Å². The van der Waals surface area contributed by atoms with Gasteiger partial charge in [0.15, 0.2) is 0 Å². The first-order valence-corrected chi connectivity index (χ1v) is 10.0. The third-order valence-corrected chi connectivity index (χ3v) is 5.27. The zero-order chi connectivity index (χ0) is 21.2. The fraction of sp³-hybridized carbons (Fsp3) is 0.125. The van der Waals surface area contributed by atoms with Gasteiger partial charge in [-0.2, -0.15) is 10.2 Å². The zero-order valence-electron chi connectivity index (χ0n) is 17.0. The molecule has 0 fully saturated rings. The van der Waals surface area contributed by atoms with Gasteiger partial charge in [0, 0.05) is 34.8 Å². The van der Waals surface area contributed by atoms with Crippen molar-refractivity contribution in [3.05, 3.63) is 84.2 Å². The molecule has 0 radical (unpaired) electrons. The molecule has 0 saturated carbocycles. The van der Waals surface area contributed by atoms with Gasteiger partial charge in [-0.3, -0.25) is 14.6 Å². The van der Waals surface area contributed by atoms with E-state index in [4.69, 9.17) is 4.74 Å². The lowest BCUT2D eigenvalue weighted by Crippen LogP contribution is -2.09. The average molecular weight is 411 g/mol. The number of carbonyl (C=O) groups excluding carboxylic acids is 1. The number of anilines is 2. The summed E-state index contributed by atoms with van der Waals surface area (Å²) in [5.74, 6) is -0.127. The number of fused-ring (bicyclic) bond motifs is 2. The van der Waals surface area contributed by atoms with Gasteiger partial charge in [0.05, 0.1) is 30.4 Å². The fourth-order valence-corrected chi connectivity index (χ4v) is 3.73. The van der Waals surface area contributed by atoms with E-state index in [2.05, 4.69) is 20.6 Å². The second kappa shape index (κ2) is 8.04. The van der Waals surface area contributed by atoms with E-state index in [0.29, 0.717) is 24.4 Å². The summed E-state index contributed by atoms with van der Waals surface area (Å²) in [6.07, 6.45) is 1.78. The summed E-state index contributed by atoms with van der Waals surface area (Å²) >= 11 is 0. The number of ether oxygens (including phenoxy) is 1. The summed E-state index contributed by atoms with van der Waals surface area (Å²) in [5, 5.41) is 16.9. The van der Waals surface area contributed by atoms with E-state index in [9.17, 15) is 4.79 Å². The number of hydrogen-bond donors (Lipinski definition) is 2. The quantitative estimate of drug-likeness (QED) is 0.384. The van der Waals surface area contributed by atoms with Crippen molar-refractivity contribution in [2.24, 2.45) is 0 Å². The van der Waals surface area contributed by atoms with Crippen molar-refractivity contribution in [1.82, 2.24) is 20.0 Å². The van der Waals surface area contributed by atoms with Crippen molar-refractivity contribution in [3.8, 4) is 0 Å². The first-order chi connectivity index (χ1) is 15.2. The van der Waals surface area contributed by atoms with Crippen molar-refractivity contribution < 1.29 is 9.53 Å². The molecule has 0 atom stereocenters. The number of carbonyl (C=O) groups is 1. The lowest BCUT2D eigenvalue weighted by molar-refractivity contribution is 0.103. The number of H-pyrrole nitrogens is 1. The maximum atomic E-state index is 13.6. The molecule has 0 saturated heterocycles. The molecule has 2 heterocycles. The predicted octanol–water partition coefficient (Wildman–Crippen LogP) is 4.53. The average Bonchev–Trinajstić information content (AvgIpc) is 3.42. The van der Waals surface area contributed by atoms with E-state index >= 15 is 0 Å². The monoisotopic (exact) mass is 411 g/mol. The van der Waals surface area contributed by atoms with Crippen LogP contribution in [-0.2, 0) is 11.3 Å². The van der Waals surface area contributed by atoms with Crippen molar-refractivity contribution in [2.75, 3.05) is 19.0 Å². The normalized spacial score (nSPS) is 11.3. The van der Waals surface area contributed by atoms with Crippen LogP contribution in [0.5, 0.6) is 0 Å². The summed E-state index contributed by atoms with van der Waals surface area (Å²) in [4.78, 5) is 13.6. The van der Waals surface area contributed by atoms with Crippen LogP contribution in [0.2, 0.25) is 0 Å². The number of aromatic amines is 1. The van der Waals surface area contributed by atoms with Crippen LogP contribution in [-0.4, -0.2) is 39.5 Å². The Morgan fingerprint density at radius 2 is 1.94 bits per heavy atom. The molecule has 0 amide bonds. The molecular formula is C24H21N5O2. The highest BCUT2D eigenvalue weighted by Gasteiger charge is 2.21. The molecule has 5 rings (SSSR count). The number of aromatic nitrogens is 4. The number of para-hydroxylation sites is 2. The highest BCUT2D eigenvalue weighted by atomic mass is 16.5. The maximum absolute atomic E-state index is 13.6. The maximum Gasteiger partial charge on any atom is 0.215 e. The van der Waals surface area contributed by atoms with Gasteiger partial charge in [-0.05, 0) is 36.4 Å². The lowest BCUT2D eigenvalue weighted by Gasteiger charge is -2.11. The van der Waals surface area contributed by atoms with Crippen LogP contribution in [0, 0.1) is 0 Å². The van der Waals surface area contributed by atoms with E-state index in [1.165, 1.54) is 0 Å². The number of rotatable bonds is 7. The molecule has 154 valence electrons. The number of benzene rings is 3. The molecule has 0 aliphatic rings. The predicted molar refractivity (Wildman–Crippen MR) is 121 cm³/mol. The Balaban J connectivity index is 1.53. The second-order valence-corrected chi connectivity index (χ2v) is 7.25. The molecule has 0 spiro atoms. The van der Waals surface area contributed by atoms with E-state index in [1.54, 1.807) is 13.3 Å². The van der Waals surface area contributed by atoms with Crippen molar-refractivity contribution in [2.45, 2.75) is 6.54 Å². The minimum absolute atomic E-state index is 0.127. The van der Waals surface area contributed by atoms with Gasteiger partial charge in [-0.1, -0.05) is 30.3 Å². The van der Waals surface area contributed by atoms with Crippen molar-refractivity contribution >= 4 is 39.0 Å². The van der Waals surface area contributed by atoms with Gasteiger partial charge in [0.2, 0.25) is 5.78 Å². The van der Waals surface area contributed by atoms with E-state index in [0.717, 1.165) is 33.2 Å². The van der Waals surface area contributed by atoms with Gasteiger partial charge in [0.1, 0.15) is 5.69 Å². The van der Waals surface area contributed by atoms with Crippen LogP contribution in [0.4, 0.5) is 11.4 Å². The zero-order valence-corrected chi connectivity index (χ0v) is 17.0. The Hall–Kier alpha value is -3.97. The number of methoxy groups -OCH3 is 1. The number of nitrogens with one attached hydrogen (secondary N) is 2. The van der Waals surface area contributed by atoms with Crippen LogP contribution in [0.25, 0.3) is 21.8 Å². The molecular weight excluding hydrogens is 390 g/mol. The third-order valence-electron chi connectivity index (χ3n) is 5.27. The molecule has 0 unspecified atom stereocenters. The minimum Gasteiger partial charge on any atom is -0.383 e. The standard InChI is InChI=1S/C24H21N5O2/c1-31-13-12-29-22-9-5-3-7-19(22)23(28-29)24(30)18-6-2-4-8-20(18)26-17-11-10-16-15-25-27-21(16)14-17/h2-11,14-15,26H,12-13H2,1H3,(H,25,27). The van der Waals surface area contributed by atoms with E-state index < -0.39 is 0 Å². The molecule has 3 aromatic carbocycles. The molecule has 2 aromatic heterocycles. The molecule has 7 heteroatoms. The Labute approximate surface area is 178 Å². The van der Waals surface area contributed by atoms with Crippen molar-refractivity contribution in [1.29, 1.82) is 0 Å². The summed E-state index contributed by atoms with van der Waals surface area (Å²) in [6, 6.07) is 21.2. The smallest absolute Gasteiger partial charge is 0.215 e. The Morgan fingerprint density at radius 1 is 1.10 bits per heavy atom. The highest BCUT2D eigenvalue weighted by Crippen LogP contribution is 2.27. The van der Waals surface area contributed by atoms with E-state index in [1.807, 2.05) is 71.4 Å². The minimum atomic E-state index is -0.127. The van der Waals surface area contributed by atoms with Gasteiger partial charge in [0.25, 0.3) is 0 Å². The van der Waals surface area contributed by atoms with Gasteiger partial charge >= 0.3 is 0 Å². The molecule has 5 aromatic rings. The Kier molecular flexibility index (Phi) is 4.93. The largest absolute Gasteiger partial charge is 0.383 e. The highest BCUT2D eigenvalue weighted by molar-refractivity contribution is 6.17. The van der Waals surface area contributed by atoms with Crippen LogP contribution in [0.1, 0.15) is 16.1 Å². The second-order valence-electron chi connectivity index (χ2n) is 7.25. The Bertz CT molecular complexity index is 1390. The van der Waals surface area contributed by atoms with E-state index in [-0.39, 0.29) is 5.78 Å². The SMILES string of the molecule is COCCn1nc(C(=O)c2ccccc2Nc2ccc3cn[nH]c3c2)c2ccccc21. The number of hydrogen-bond acceptors (Lipinski definition) is 5. The van der Waals surface area contributed by atoms with Gasteiger partial charge in [-0.15, -0.1) is 0 Å². The fourth-order valence-electron chi connectivity index (χ4n) is 3.73. The van der Waals surface area contributed by atoms with Crippen LogP contribution in [0.15, 0.2) is 72.9 Å². The molecule has 7 nitrogen and oxygen atoms in total. The number of ketones is 1. The first-order valence-electron chi connectivity index (χ1n) is 10.0. The van der Waals surface area contributed by atoms with Crippen molar-refractivity contribution in [3.63, 3.8) is 0 Å². The molecule has 31 heavy (non-hydrogen) atoms. The molecule has 2 N–H and O–H groups in total. The summed E-state index contributed by atoms with van der Waals surface area (Å²) in [6.45, 7) is 1.10. The molecule has 0 aliphatic carbocycles. The summed E-state index contributed by atoms with van der Waals surface area (Å²) in [5.41, 5.74) is 4.43. The first kappa shape index (κ1) is 19.0. The lowest BCUT2D eigenvalue weighted by atomic mass is 10.0. The summed E-state index contributed by atoms with van der Waals surface area (Å²) in [7, 11) is 1.65. The van der Waals surface area contributed by atoms with Gasteiger partial charge in [-0.25, -0.2) is 0 Å². The Morgan fingerprint density at radius 3 is 2.84 bits per heavy atom. The van der Waals surface area contributed by atoms with Crippen LogP contribution < -0.4 is 5.32 Å². The van der Waals surface area contributed by atoms with Gasteiger partial charge < -0.3 is 10.1 Å². The third kappa shape index (κ3) is 3.55. The van der Waals surface area contributed by atoms with Crippen LogP contribution in [0.3, 0.4) is 0 Å². The number of nitrogens with zero attached hydrogens (tertiary/aromatic N) is 3. The molecule has 0 bridgehead atoms.